The SMILES string of the molecule is COc1cccc(NC(=O)N(CCN2CCOCC2)CC(=O)N(Cc2ccccc2)Cc2ccc(C)o2)c1. The number of hydrogen-bond acceptors (Lipinski definition) is 6. The Balaban J connectivity index is 1.50. The zero-order chi connectivity index (χ0) is 26.7. The number of carbonyl (C=O) groups excluding carboxylic acids is 2. The van der Waals surface area contributed by atoms with Crippen molar-refractivity contribution in [3.8, 4) is 5.75 Å². The Kier molecular flexibility index (Phi) is 9.77. The van der Waals surface area contributed by atoms with Gasteiger partial charge < -0.3 is 29.0 Å². The zero-order valence-corrected chi connectivity index (χ0v) is 22.1. The van der Waals surface area contributed by atoms with Gasteiger partial charge in [-0.15, -0.1) is 0 Å². The van der Waals surface area contributed by atoms with Crippen LogP contribution in [0.2, 0.25) is 0 Å². The van der Waals surface area contributed by atoms with Gasteiger partial charge in [0.2, 0.25) is 5.91 Å². The third-order valence-corrected chi connectivity index (χ3v) is 6.44. The van der Waals surface area contributed by atoms with Gasteiger partial charge in [0.05, 0.1) is 26.9 Å². The van der Waals surface area contributed by atoms with Crippen molar-refractivity contribution in [2.24, 2.45) is 0 Å². The van der Waals surface area contributed by atoms with E-state index in [1.807, 2.05) is 61.5 Å². The van der Waals surface area contributed by atoms with E-state index in [1.54, 1.807) is 29.0 Å². The summed E-state index contributed by atoms with van der Waals surface area (Å²) in [5.74, 6) is 1.97. The molecule has 0 aliphatic carbocycles. The first-order valence-electron chi connectivity index (χ1n) is 12.9. The number of ether oxygens (including phenoxy) is 2. The van der Waals surface area contributed by atoms with Crippen LogP contribution in [0.15, 0.2) is 71.1 Å². The van der Waals surface area contributed by atoms with Gasteiger partial charge in [0.25, 0.3) is 0 Å². The monoisotopic (exact) mass is 520 g/mol. The average Bonchev–Trinajstić information content (AvgIpc) is 3.36. The highest BCUT2D eigenvalue weighted by molar-refractivity contribution is 5.92. The summed E-state index contributed by atoms with van der Waals surface area (Å²) in [6, 6.07) is 20.4. The van der Waals surface area contributed by atoms with Crippen LogP contribution >= 0.6 is 0 Å². The molecule has 1 aliphatic rings. The zero-order valence-electron chi connectivity index (χ0n) is 22.1. The Morgan fingerprint density at radius 3 is 2.47 bits per heavy atom. The third-order valence-electron chi connectivity index (χ3n) is 6.44. The summed E-state index contributed by atoms with van der Waals surface area (Å²) in [6.07, 6.45) is 0. The smallest absolute Gasteiger partial charge is 0.322 e. The molecular weight excluding hydrogens is 484 g/mol. The van der Waals surface area contributed by atoms with Gasteiger partial charge >= 0.3 is 6.03 Å². The number of furan rings is 1. The van der Waals surface area contributed by atoms with Gasteiger partial charge in [-0.05, 0) is 36.8 Å². The molecule has 9 nitrogen and oxygen atoms in total. The molecule has 0 bridgehead atoms. The van der Waals surface area contributed by atoms with Gasteiger partial charge in [-0.2, -0.15) is 0 Å². The molecule has 38 heavy (non-hydrogen) atoms. The second-order valence-corrected chi connectivity index (χ2v) is 9.29. The van der Waals surface area contributed by atoms with Gasteiger partial charge in [-0.3, -0.25) is 9.69 Å². The van der Waals surface area contributed by atoms with E-state index in [-0.39, 0.29) is 18.5 Å². The minimum Gasteiger partial charge on any atom is -0.497 e. The van der Waals surface area contributed by atoms with E-state index >= 15 is 0 Å². The van der Waals surface area contributed by atoms with E-state index < -0.39 is 0 Å². The number of aryl methyl sites for hydroxylation is 1. The largest absolute Gasteiger partial charge is 0.497 e. The Labute approximate surface area is 223 Å². The molecule has 0 atom stereocenters. The van der Waals surface area contributed by atoms with Gasteiger partial charge in [-0.25, -0.2) is 4.79 Å². The lowest BCUT2D eigenvalue weighted by Crippen LogP contribution is -2.48. The molecule has 0 unspecified atom stereocenters. The Morgan fingerprint density at radius 2 is 1.76 bits per heavy atom. The fourth-order valence-corrected chi connectivity index (χ4v) is 4.30. The van der Waals surface area contributed by atoms with Crippen LogP contribution in [0.25, 0.3) is 0 Å². The molecule has 202 valence electrons. The minimum atomic E-state index is -0.339. The summed E-state index contributed by atoms with van der Waals surface area (Å²) in [6.45, 7) is 6.54. The predicted octanol–water partition coefficient (Wildman–Crippen LogP) is 3.99. The fraction of sp³-hybridized carbons (Fsp3) is 0.379. The van der Waals surface area contributed by atoms with E-state index in [0.29, 0.717) is 56.6 Å². The highest BCUT2D eigenvalue weighted by Gasteiger charge is 2.24. The highest BCUT2D eigenvalue weighted by Crippen LogP contribution is 2.18. The maximum absolute atomic E-state index is 13.7. The first-order valence-corrected chi connectivity index (χ1v) is 12.9. The molecule has 0 saturated carbocycles. The van der Waals surface area contributed by atoms with Crippen LogP contribution in [0, 0.1) is 6.92 Å². The van der Waals surface area contributed by atoms with Crippen LogP contribution in [-0.4, -0.2) is 79.7 Å². The van der Waals surface area contributed by atoms with Gasteiger partial charge in [0.1, 0.15) is 23.8 Å². The first-order chi connectivity index (χ1) is 18.5. The number of hydrogen-bond donors (Lipinski definition) is 1. The Bertz CT molecular complexity index is 1180. The second kappa shape index (κ2) is 13.6. The van der Waals surface area contributed by atoms with Crippen molar-refractivity contribution >= 4 is 17.6 Å². The van der Waals surface area contributed by atoms with Crippen LogP contribution in [0.4, 0.5) is 10.5 Å². The van der Waals surface area contributed by atoms with Crippen LogP contribution < -0.4 is 10.1 Å². The van der Waals surface area contributed by atoms with Crippen molar-refractivity contribution in [2.45, 2.75) is 20.0 Å². The van der Waals surface area contributed by atoms with Crippen LogP contribution in [0.3, 0.4) is 0 Å². The summed E-state index contributed by atoms with van der Waals surface area (Å²) in [4.78, 5) is 32.6. The molecule has 1 fully saturated rings. The number of morpholine rings is 1. The number of nitrogens with one attached hydrogen (secondary N) is 1. The molecule has 1 aromatic heterocycles. The lowest BCUT2D eigenvalue weighted by atomic mass is 10.2. The number of anilines is 1. The Morgan fingerprint density at radius 1 is 0.974 bits per heavy atom. The van der Waals surface area contributed by atoms with E-state index in [4.69, 9.17) is 13.9 Å². The van der Waals surface area contributed by atoms with Crippen LogP contribution in [-0.2, 0) is 22.6 Å². The van der Waals surface area contributed by atoms with Crippen LogP contribution in [0.5, 0.6) is 5.75 Å². The fourth-order valence-electron chi connectivity index (χ4n) is 4.30. The lowest BCUT2D eigenvalue weighted by Gasteiger charge is -2.31. The topological polar surface area (TPSA) is 87.5 Å². The number of benzene rings is 2. The van der Waals surface area contributed by atoms with Crippen molar-refractivity contribution in [2.75, 3.05) is 58.4 Å². The molecule has 0 radical (unpaired) electrons. The molecule has 3 aromatic rings. The second-order valence-electron chi connectivity index (χ2n) is 9.29. The van der Waals surface area contributed by atoms with E-state index in [9.17, 15) is 9.59 Å². The molecule has 4 rings (SSSR count). The lowest BCUT2D eigenvalue weighted by molar-refractivity contribution is -0.133. The van der Waals surface area contributed by atoms with Crippen molar-refractivity contribution in [3.05, 3.63) is 83.8 Å². The predicted molar refractivity (Wildman–Crippen MR) is 145 cm³/mol. The molecule has 3 amide bonds. The standard InChI is InChI=1S/C29H36N4O5/c1-23-11-12-27(38-23)21-33(20-24-7-4-3-5-8-24)28(34)22-32(14-13-31-15-17-37-18-16-31)29(35)30-25-9-6-10-26(19-25)36-2/h3-12,19H,13-18,20-22H2,1-2H3,(H,30,35). The summed E-state index contributed by atoms with van der Waals surface area (Å²) >= 11 is 0. The molecule has 1 saturated heterocycles. The Hall–Kier alpha value is -3.82. The molecule has 0 spiro atoms. The number of methoxy groups -OCH3 is 1. The molecule has 1 aliphatic heterocycles. The quantitative estimate of drug-likeness (QED) is 0.411. The molecule has 2 aromatic carbocycles. The summed E-state index contributed by atoms with van der Waals surface area (Å²) in [5, 5.41) is 2.93. The third kappa shape index (κ3) is 8.09. The number of carbonyl (C=O) groups is 2. The normalized spacial score (nSPS) is 13.6. The first kappa shape index (κ1) is 27.2. The minimum absolute atomic E-state index is 0.0628. The van der Waals surface area contributed by atoms with Crippen molar-refractivity contribution in [1.82, 2.24) is 14.7 Å². The molecule has 2 heterocycles. The van der Waals surface area contributed by atoms with Gasteiger partial charge in [-0.1, -0.05) is 36.4 Å². The number of amides is 3. The number of nitrogens with zero attached hydrogens (tertiary/aromatic N) is 3. The van der Waals surface area contributed by atoms with E-state index in [2.05, 4.69) is 10.2 Å². The molecule has 9 heteroatoms. The van der Waals surface area contributed by atoms with Gasteiger partial charge in [0, 0.05) is 44.5 Å². The van der Waals surface area contributed by atoms with Crippen LogP contribution in [0.1, 0.15) is 17.1 Å². The van der Waals surface area contributed by atoms with Crippen molar-refractivity contribution < 1.29 is 23.5 Å². The highest BCUT2D eigenvalue weighted by atomic mass is 16.5. The van der Waals surface area contributed by atoms with E-state index in [1.165, 1.54) is 0 Å². The van der Waals surface area contributed by atoms with Gasteiger partial charge in [0.15, 0.2) is 0 Å². The number of urea groups is 1. The maximum Gasteiger partial charge on any atom is 0.322 e. The van der Waals surface area contributed by atoms with Crippen molar-refractivity contribution in [3.63, 3.8) is 0 Å². The maximum atomic E-state index is 13.7. The summed E-state index contributed by atoms with van der Waals surface area (Å²) in [5.41, 5.74) is 1.61. The van der Waals surface area contributed by atoms with Crippen molar-refractivity contribution in [1.29, 1.82) is 0 Å². The average molecular weight is 521 g/mol. The summed E-state index contributed by atoms with van der Waals surface area (Å²) in [7, 11) is 1.58. The number of rotatable bonds is 11. The molecular formula is C29H36N4O5. The molecule has 1 N–H and O–H groups in total. The van der Waals surface area contributed by atoms with E-state index in [0.717, 1.165) is 24.4 Å². The summed E-state index contributed by atoms with van der Waals surface area (Å²) < 4.78 is 16.5.